The Balaban J connectivity index is 2.93. The van der Waals surface area contributed by atoms with Gasteiger partial charge in [-0.2, -0.15) is 0 Å². The molecule has 98 valence electrons. The molecule has 4 heteroatoms. The standard InChI is InChI=1S/C13H24FNOSi/c1-12(2,3)17(5,6)16-13(4)8-7-10(15)9-11(13)14/h7-9,11H,15H2,1-6H3. The average Bonchev–Trinajstić information content (AvgIpc) is 2.10. The van der Waals surface area contributed by atoms with E-state index in [-0.39, 0.29) is 5.04 Å². The van der Waals surface area contributed by atoms with Crippen molar-refractivity contribution >= 4 is 8.32 Å². The van der Waals surface area contributed by atoms with Crippen LogP contribution in [0.4, 0.5) is 4.39 Å². The number of rotatable bonds is 2. The third kappa shape index (κ3) is 2.99. The number of hydrogen-bond donors (Lipinski definition) is 1. The van der Waals surface area contributed by atoms with Crippen LogP contribution in [-0.2, 0) is 4.43 Å². The highest BCUT2D eigenvalue weighted by Crippen LogP contribution is 2.41. The summed E-state index contributed by atoms with van der Waals surface area (Å²) in [4.78, 5) is 0. The van der Waals surface area contributed by atoms with Gasteiger partial charge in [0.25, 0.3) is 0 Å². The van der Waals surface area contributed by atoms with Crippen molar-refractivity contribution < 1.29 is 8.82 Å². The van der Waals surface area contributed by atoms with Crippen molar-refractivity contribution in [3.8, 4) is 0 Å². The topological polar surface area (TPSA) is 35.2 Å². The molecule has 0 aromatic carbocycles. The normalized spacial score (nSPS) is 30.3. The average molecular weight is 257 g/mol. The Bertz CT molecular complexity index is 357. The van der Waals surface area contributed by atoms with Gasteiger partial charge >= 0.3 is 0 Å². The zero-order valence-corrected chi connectivity index (χ0v) is 12.7. The van der Waals surface area contributed by atoms with Gasteiger partial charge in [-0.3, -0.25) is 0 Å². The van der Waals surface area contributed by atoms with E-state index >= 15 is 0 Å². The second-order valence-corrected chi connectivity index (χ2v) is 11.2. The van der Waals surface area contributed by atoms with Crippen molar-refractivity contribution in [2.45, 2.75) is 57.6 Å². The predicted octanol–water partition coefficient (Wildman–Crippen LogP) is 3.52. The second-order valence-electron chi connectivity index (χ2n) is 6.45. The Morgan fingerprint density at radius 3 is 2.35 bits per heavy atom. The maximum atomic E-state index is 14.1. The molecule has 0 saturated carbocycles. The van der Waals surface area contributed by atoms with Crippen LogP contribution in [0.3, 0.4) is 0 Å². The van der Waals surface area contributed by atoms with Gasteiger partial charge in [0.1, 0.15) is 5.60 Å². The molecule has 2 N–H and O–H groups in total. The van der Waals surface area contributed by atoms with Crippen LogP contribution in [0, 0.1) is 0 Å². The molecule has 1 rings (SSSR count). The fourth-order valence-corrected chi connectivity index (χ4v) is 3.12. The van der Waals surface area contributed by atoms with Crippen LogP contribution in [0.15, 0.2) is 23.9 Å². The molecule has 0 radical (unpaired) electrons. The zero-order valence-electron chi connectivity index (χ0n) is 11.7. The highest BCUT2D eigenvalue weighted by Gasteiger charge is 2.45. The summed E-state index contributed by atoms with van der Waals surface area (Å²) in [5, 5.41) is 0.0658. The Morgan fingerprint density at radius 2 is 1.94 bits per heavy atom. The van der Waals surface area contributed by atoms with E-state index in [1.165, 1.54) is 6.08 Å². The molecule has 0 aromatic rings. The SMILES string of the molecule is CC1(O[Si](C)(C)C(C)(C)C)C=CC(N)=CC1F. The first-order chi connectivity index (χ1) is 7.48. The predicted molar refractivity (Wildman–Crippen MR) is 73.0 cm³/mol. The molecule has 0 spiro atoms. The quantitative estimate of drug-likeness (QED) is 0.768. The van der Waals surface area contributed by atoms with E-state index in [0.29, 0.717) is 5.70 Å². The van der Waals surface area contributed by atoms with Gasteiger partial charge in [-0.05, 0) is 43.3 Å². The second kappa shape index (κ2) is 4.25. The van der Waals surface area contributed by atoms with Crippen molar-refractivity contribution in [3.63, 3.8) is 0 Å². The van der Waals surface area contributed by atoms with Crippen LogP contribution in [0.5, 0.6) is 0 Å². The lowest BCUT2D eigenvalue weighted by atomic mass is 9.95. The van der Waals surface area contributed by atoms with Crippen LogP contribution < -0.4 is 5.73 Å². The molecule has 2 atom stereocenters. The van der Waals surface area contributed by atoms with Gasteiger partial charge in [0.2, 0.25) is 0 Å². The van der Waals surface area contributed by atoms with Crippen LogP contribution in [-0.4, -0.2) is 20.1 Å². The smallest absolute Gasteiger partial charge is 0.193 e. The molecule has 1 aliphatic rings. The Morgan fingerprint density at radius 1 is 1.41 bits per heavy atom. The minimum Gasteiger partial charge on any atom is -0.405 e. The van der Waals surface area contributed by atoms with E-state index in [1.54, 1.807) is 19.1 Å². The van der Waals surface area contributed by atoms with E-state index < -0.39 is 20.1 Å². The van der Waals surface area contributed by atoms with Gasteiger partial charge in [-0.1, -0.05) is 20.8 Å². The first-order valence-corrected chi connectivity index (χ1v) is 8.89. The lowest BCUT2D eigenvalue weighted by Gasteiger charge is -2.44. The Kier molecular flexibility index (Phi) is 3.61. The Hall–Kier alpha value is -0.613. The summed E-state index contributed by atoms with van der Waals surface area (Å²) >= 11 is 0. The molecule has 2 nitrogen and oxygen atoms in total. The van der Waals surface area contributed by atoms with Gasteiger partial charge < -0.3 is 10.2 Å². The molecule has 0 bridgehead atoms. The van der Waals surface area contributed by atoms with E-state index in [0.717, 1.165) is 0 Å². The van der Waals surface area contributed by atoms with Gasteiger partial charge in [0.15, 0.2) is 14.5 Å². The lowest BCUT2D eigenvalue weighted by molar-refractivity contribution is 0.0545. The Labute approximate surface area is 105 Å². The molecule has 0 fully saturated rings. The summed E-state index contributed by atoms with van der Waals surface area (Å²) in [6, 6.07) is 0. The van der Waals surface area contributed by atoms with E-state index in [9.17, 15) is 4.39 Å². The van der Waals surface area contributed by atoms with Gasteiger partial charge in [-0.15, -0.1) is 0 Å². The minimum absolute atomic E-state index is 0.0658. The molecule has 0 amide bonds. The summed E-state index contributed by atoms with van der Waals surface area (Å²) in [6.07, 6.45) is 3.71. The monoisotopic (exact) mass is 257 g/mol. The van der Waals surface area contributed by atoms with Crippen LogP contribution >= 0.6 is 0 Å². The van der Waals surface area contributed by atoms with Crippen LogP contribution in [0.2, 0.25) is 18.1 Å². The number of nitrogens with two attached hydrogens (primary N) is 1. The van der Waals surface area contributed by atoms with Crippen molar-refractivity contribution in [1.29, 1.82) is 0 Å². The maximum absolute atomic E-state index is 14.1. The van der Waals surface area contributed by atoms with Crippen molar-refractivity contribution in [1.82, 2.24) is 0 Å². The highest BCUT2D eigenvalue weighted by atomic mass is 28.4. The number of halogens is 1. The van der Waals surface area contributed by atoms with Crippen LogP contribution in [0.1, 0.15) is 27.7 Å². The molecule has 0 saturated heterocycles. The van der Waals surface area contributed by atoms with E-state index in [2.05, 4.69) is 33.9 Å². The number of alkyl halides is 1. The molecule has 17 heavy (non-hydrogen) atoms. The molecule has 0 aromatic heterocycles. The first kappa shape index (κ1) is 14.4. The van der Waals surface area contributed by atoms with E-state index in [4.69, 9.17) is 10.2 Å². The molecular weight excluding hydrogens is 233 g/mol. The summed E-state index contributed by atoms with van der Waals surface area (Å²) in [5.41, 5.74) is 5.17. The van der Waals surface area contributed by atoms with Gasteiger partial charge in [0.05, 0.1) is 0 Å². The van der Waals surface area contributed by atoms with Crippen molar-refractivity contribution in [3.05, 3.63) is 23.9 Å². The third-order valence-electron chi connectivity index (χ3n) is 3.77. The number of allylic oxidation sites excluding steroid dienone is 1. The highest BCUT2D eigenvalue weighted by molar-refractivity contribution is 6.74. The van der Waals surface area contributed by atoms with Crippen LogP contribution in [0.25, 0.3) is 0 Å². The maximum Gasteiger partial charge on any atom is 0.193 e. The molecule has 0 heterocycles. The summed E-state index contributed by atoms with van der Waals surface area (Å²) in [7, 11) is -1.99. The third-order valence-corrected chi connectivity index (χ3v) is 8.34. The first-order valence-electron chi connectivity index (χ1n) is 5.99. The molecule has 1 aliphatic carbocycles. The zero-order chi connectivity index (χ0) is 13.5. The molecule has 0 aliphatic heterocycles. The minimum atomic E-state index is -1.99. The lowest BCUT2D eigenvalue weighted by Crippen LogP contribution is -2.52. The van der Waals surface area contributed by atoms with Crippen molar-refractivity contribution in [2.24, 2.45) is 5.73 Å². The largest absolute Gasteiger partial charge is 0.405 e. The molecule has 2 unspecified atom stereocenters. The molecular formula is C13H24FNOSi. The van der Waals surface area contributed by atoms with Gasteiger partial charge in [0, 0.05) is 5.70 Å². The summed E-state index contributed by atoms with van der Waals surface area (Å²) in [6.45, 7) is 12.5. The fraction of sp³-hybridized carbons (Fsp3) is 0.692. The van der Waals surface area contributed by atoms with Gasteiger partial charge in [-0.25, -0.2) is 4.39 Å². The van der Waals surface area contributed by atoms with E-state index in [1.807, 2.05) is 0 Å². The summed E-state index contributed by atoms with van der Waals surface area (Å²) < 4.78 is 20.3. The summed E-state index contributed by atoms with van der Waals surface area (Å²) in [5.74, 6) is 0. The fourth-order valence-electron chi connectivity index (χ4n) is 1.54. The van der Waals surface area contributed by atoms with Crippen molar-refractivity contribution in [2.75, 3.05) is 0 Å². The number of hydrogen-bond acceptors (Lipinski definition) is 2.